The number of cyclic esters (lactones) is 1. The van der Waals surface area contributed by atoms with Gasteiger partial charge in [0.15, 0.2) is 0 Å². The molecule has 2 heterocycles. The maximum atomic E-state index is 12.4. The van der Waals surface area contributed by atoms with Gasteiger partial charge in [-0.3, -0.25) is 14.7 Å². The van der Waals surface area contributed by atoms with Crippen LogP contribution in [0.4, 0.5) is 10.5 Å². The number of hydrogen-bond acceptors (Lipinski definition) is 4. The summed E-state index contributed by atoms with van der Waals surface area (Å²) in [7, 11) is 0. The van der Waals surface area contributed by atoms with Gasteiger partial charge in [-0.1, -0.05) is 6.07 Å². The lowest BCUT2D eigenvalue weighted by Crippen LogP contribution is -2.33. The van der Waals surface area contributed by atoms with Gasteiger partial charge in [0.05, 0.1) is 13.1 Å². The van der Waals surface area contributed by atoms with Crippen molar-refractivity contribution < 1.29 is 14.3 Å². The minimum absolute atomic E-state index is 0.161. The Morgan fingerprint density at radius 3 is 2.89 bits per heavy atom. The lowest BCUT2D eigenvalue weighted by atomic mass is 9.93. The molecule has 2 amide bonds. The topological polar surface area (TPSA) is 75.9 Å². The Morgan fingerprint density at radius 1 is 1.43 bits per heavy atom. The molecule has 7 nitrogen and oxygen atoms in total. The standard InChI is InChI=1S/C21H20N4O3/c1-14(26)24-12-17-13-25(20(27)28-17)16-5-6-19(21(22-2)7-8-21)18(10-16)15-4-3-9-23-11-15/h3-6,9-11,17H,7-8,12-13H2,1H3,(H,24,26)/t17-/m0/s1. The van der Waals surface area contributed by atoms with Crippen molar-refractivity contribution in [2.45, 2.75) is 31.4 Å². The van der Waals surface area contributed by atoms with Gasteiger partial charge in [0.25, 0.3) is 5.54 Å². The van der Waals surface area contributed by atoms with Gasteiger partial charge in [0.1, 0.15) is 6.10 Å². The zero-order valence-electron chi connectivity index (χ0n) is 15.5. The third kappa shape index (κ3) is 3.29. The molecule has 2 aliphatic rings. The van der Waals surface area contributed by atoms with Gasteiger partial charge in [-0.2, -0.15) is 0 Å². The van der Waals surface area contributed by atoms with Crippen molar-refractivity contribution in [2.75, 3.05) is 18.0 Å². The van der Waals surface area contributed by atoms with Crippen molar-refractivity contribution in [2.24, 2.45) is 0 Å². The zero-order chi connectivity index (χ0) is 19.7. The van der Waals surface area contributed by atoms with Crippen LogP contribution in [0, 0.1) is 6.57 Å². The number of amides is 2. The first-order valence-electron chi connectivity index (χ1n) is 9.18. The molecule has 1 aromatic carbocycles. The van der Waals surface area contributed by atoms with E-state index in [1.54, 1.807) is 17.3 Å². The summed E-state index contributed by atoms with van der Waals surface area (Å²) in [5, 5.41) is 2.68. The smallest absolute Gasteiger partial charge is 0.414 e. The predicted octanol–water partition coefficient (Wildman–Crippen LogP) is 3.12. The minimum atomic E-state index is -0.469. The van der Waals surface area contributed by atoms with Crippen LogP contribution in [0.15, 0.2) is 42.7 Å². The molecule has 1 atom stereocenters. The van der Waals surface area contributed by atoms with Crippen LogP contribution in [-0.4, -0.2) is 36.2 Å². The van der Waals surface area contributed by atoms with Crippen LogP contribution in [0.5, 0.6) is 0 Å². The lowest BCUT2D eigenvalue weighted by molar-refractivity contribution is -0.119. The number of ether oxygens (including phenoxy) is 1. The minimum Gasteiger partial charge on any atom is -0.442 e. The Bertz CT molecular complexity index is 963. The SMILES string of the molecule is [C-]#[N+]C1(c2ccc(N3C[C@H](CNC(C)=O)OC3=O)cc2-c2cccnc2)CC1. The fraction of sp³-hybridized carbons (Fsp3) is 0.333. The number of benzene rings is 1. The van der Waals surface area contributed by atoms with Crippen LogP contribution in [0.3, 0.4) is 0 Å². The van der Waals surface area contributed by atoms with Crippen molar-refractivity contribution >= 4 is 17.7 Å². The van der Waals surface area contributed by atoms with Crippen molar-refractivity contribution in [3.63, 3.8) is 0 Å². The van der Waals surface area contributed by atoms with E-state index in [9.17, 15) is 9.59 Å². The van der Waals surface area contributed by atoms with Crippen molar-refractivity contribution in [3.05, 3.63) is 59.7 Å². The summed E-state index contributed by atoms with van der Waals surface area (Å²) in [6.07, 6.45) is 4.33. The molecule has 1 aliphatic carbocycles. The fourth-order valence-electron chi connectivity index (χ4n) is 3.52. The molecule has 1 N–H and O–H groups in total. The molecule has 28 heavy (non-hydrogen) atoms. The summed E-state index contributed by atoms with van der Waals surface area (Å²) in [4.78, 5) is 33.1. The first-order chi connectivity index (χ1) is 13.5. The van der Waals surface area contributed by atoms with Gasteiger partial charge in [0.2, 0.25) is 5.91 Å². The first kappa shape index (κ1) is 18.0. The maximum absolute atomic E-state index is 12.4. The first-order valence-corrected chi connectivity index (χ1v) is 9.18. The van der Waals surface area contributed by atoms with E-state index in [0.29, 0.717) is 12.2 Å². The van der Waals surface area contributed by atoms with Gasteiger partial charge in [0, 0.05) is 49.0 Å². The number of carbonyl (C=O) groups is 2. The van der Waals surface area contributed by atoms with E-state index in [-0.39, 0.29) is 12.5 Å². The third-order valence-corrected chi connectivity index (χ3v) is 5.18. The molecular formula is C21H20N4O3. The van der Waals surface area contributed by atoms with E-state index in [1.807, 2.05) is 30.3 Å². The number of pyridine rings is 1. The summed E-state index contributed by atoms with van der Waals surface area (Å²) in [5.41, 5.74) is 3.04. The maximum Gasteiger partial charge on any atom is 0.414 e. The zero-order valence-corrected chi connectivity index (χ0v) is 15.5. The average Bonchev–Trinajstić information content (AvgIpc) is 3.42. The number of rotatable bonds is 5. The quantitative estimate of drug-likeness (QED) is 0.814. The summed E-state index contributed by atoms with van der Waals surface area (Å²) in [6, 6.07) is 9.55. The Morgan fingerprint density at radius 2 is 2.25 bits per heavy atom. The Balaban J connectivity index is 1.67. The molecule has 0 unspecified atom stereocenters. The molecule has 1 saturated heterocycles. The molecule has 142 valence electrons. The Hall–Kier alpha value is -3.40. The van der Waals surface area contributed by atoms with E-state index in [2.05, 4.69) is 15.1 Å². The monoisotopic (exact) mass is 376 g/mol. The van der Waals surface area contributed by atoms with Crippen molar-refractivity contribution in [3.8, 4) is 11.1 Å². The summed E-state index contributed by atoms with van der Waals surface area (Å²) >= 11 is 0. The van der Waals surface area contributed by atoms with E-state index < -0.39 is 17.7 Å². The van der Waals surface area contributed by atoms with Crippen LogP contribution >= 0.6 is 0 Å². The van der Waals surface area contributed by atoms with Gasteiger partial charge < -0.3 is 14.9 Å². The molecular weight excluding hydrogens is 356 g/mol. The number of carbonyl (C=O) groups excluding carboxylic acids is 2. The Kier molecular flexibility index (Phi) is 4.47. The second-order valence-corrected chi connectivity index (χ2v) is 7.17. The molecule has 0 bridgehead atoms. The van der Waals surface area contributed by atoms with E-state index >= 15 is 0 Å². The number of aromatic nitrogens is 1. The lowest BCUT2D eigenvalue weighted by Gasteiger charge is -2.17. The molecule has 2 aromatic rings. The summed E-state index contributed by atoms with van der Waals surface area (Å²) < 4.78 is 5.37. The van der Waals surface area contributed by atoms with Crippen LogP contribution in [-0.2, 0) is 15.1 Å². The van der Waals surface area contributed by atoms with E-state index in [4.69, 9.17) is 11.3 Å². The van der Waals surface area contributed by atoms with Crippen LogP contribution < -0.4 is 10.2 Å². The normalized spacial score (nSPS) is 19.6. The molecule has 0 spiro atoms. The molecule has 2 fully saturated rings. The van der Waals surface area contributed by atoms with E-state index in [0.717, 1.165) is 29.5 Å². The van der Waals surface area contributed by atoms with Crippen molar-refractivity contribution in [1.82, 2.24) is 10.3 Å². The predicted molar refractivity (Wildman–Crippen MR) is 103 cm³/mol. The average molecular weight is 376 g/mol. The van der Waals surface area contributed by atoms with Gasteiger partial charge in [-0.05, 0) is 29.8 Å². The highest BCUT2D eigenvalue weighted by Gasteiger charge is 2.54. The molecule has 1 saturated carbocycles. The van der Waals surface area contributed by atoms with Crippen molar-refractivity contribution in [1.29, 1.82) is 0 Å². The van der Waals surface area contributed by atoms with Crippen LogP contribution in [0.25, 0.3) is 16.0 Å². The van der Waals surface area contributed by atoms with E-state index in [1.165, 1.54) is 6.92 Å². The van der Waals surface area contributed by atoms with Crippen LogP contribution in [0.2, 0.25) is 0 Å². The second-order valence-electron chi connectivity index (χ2n) is 7.17. The van der Waals surface area contributed by atoms with Crippen LogP contribution in [0.1, 0.15) is 25.3 Å². The largest absolute Gasteiger partial charge is 0.442 e. The van der Waals surface area contributed by atoms with Gasteiger partial charge >= 0.3 is 6.09 Å². The fourth-order valence-corrected chi connectivity index (χ4v) is 3.52. The third-order valence-electron chi connectivity index (χ3n) is 5.18. The number of nitrogens with one attached hydrogen (secondary N) is 1. The summed E-state index contributed by atoms with van der Waals surface area (Å²) in [5.74, 6) is -0.161. The van der Waals surface area contributed by atoms with Gasteiger partial charge in [-0.15, -0.1) is 0 Å². The molecule has 1 aliphatic heterocycles. The number of nitrogens with zero attached hydrogens (tertiary/aromatic N) is 3. The number of anilines is 1. The molecule has 1 aromatic heterocycles. The molecule has 7 heteroatoms. The molecule has 4 rings (SSSR count). The second kappa shape index (κ2) is 6.97. The highest BCUT2D eigenvalue weighted by molar-refractivity contribution is 5.91. The summed E-state index contributed by atoms with van der Waals surface area (Å²) in [6.45, 7) is 9.69. The number of hydrogen-bond donors (Lipinski definition) is 1. The Labute approximate surface area is 163 Å². The molecule has 0 radical (unpaired) electrons. The van der Waals surface area contributed by atoms with Gasteiger partial charge in [-0.25, -0.2) is 11.4 Å². The highest BCUT2D eigenvalue weighted by Crippen LogP contribution is 2.53. The highest BCUT2D eigenvalue weighted by atomic mass is 16.6.